The SMILES string of the molecule is C.CC1=CC=CCC1C. The summed E-state index contributed by atoms with van der Waals surface area (Å²) in [4.78, 5) is 0. The van der Waals surface area contributed by atoms with Crippen LogP contribution >= 0.6 is 0 Å². The summed E-state index contributed by atoms with van der Waals surface area (Å²) in [6, 6.07) is 0. The van der Waals surface area contributed by atoms with E-state index in [2.05, 4.69) is 32.1 Å². The smallest absolute Gasteiger partial charge is 0.0197 e. The van der Waals surface area contributed by atoms with Crippen LogP contribution in [0.15, 0.2) is 23.8 Å². The molecule has 0 radical (unpaired) electrons. The van der Waals surface area contributed by atoms with Crippen molar-refractivity contribution in [3.63, 3.8) is 0 Å². The average molecular weight is 124 g/mol. The zero-order valence-corrected chi connectivity index (χ0v) is 5.52. The summed E-state index contributed by atoms with van der Waals surface area (Å²) in [6.07, 6.45) is 7.77. The van der Waals surface area contributed by atoms with E-state index in [-0.39, 0.29) is 7.43 Å². The van der Waals surface area contributed by atoms with Gasteiger partial charge in [0.25, 0.3) is 0 Å². The van der Waals surface area contributed by atoms with E-state index < -0.39 is 0 Å². The Balaban J connectivity index is 0.000000640. The van der Waals surface area contributed by atoms with Gasteiger partial charge in [0, 0.05) is 0 Å². The second-order valence-corrected chi connectivity index (χ2v) is 2.48. The topological polar surface area (TPSA) is 0 Å². The Morgan fingerprint density at radius 3 is 2.56 bits per heavy atom. The number of rotatable bonds is 0. The fourth-order valence-electron chi connectivity index (χ4n) is 0.853. The fraction of sp³-hybridized carbons (Fsp3) is 0.556. The molecule has 1 rings (SSSR count). The minimum Gasteiger partial charge on any atom is -0.0840 e. The van der Waals surface area contributed by atoms with Crippen molar-refractivity contribution in [1.82, 2.24) is 0 Å². The van der Waals surface area contributed by atoms with Gasteiger partial charge in [0.1, 0.15) is 0 Å². The van der Waals surface area contributed by atoms with E-state index in [9.17, 15) is 0 Å². The molecule has 0 aromatic rings. The third-order valence-electron chi connectivity index (χ3n) is 1.76. The van der Waals surface area contributed by atoms with Gasteiger partial charge >= 0.3 is 0 Å². The molecule has 1 aliphatic rings. The van der Waals surface area contributed by atoms with Crippen molar-refractivity contribution in [1.29, 1.82) is 0 Å². The van der Waals surface area contributed by atoms with Crippen LogP contribution in [0.4, 0.5) is 0 Å². The highest BCUT2D eigenvalue weighted by Gasteiger charge is 2.02. The van der Waals surface area contributed by atoms with Gasteiger partial charge in [0.05, 0.1) is 0 Å². The summed E-state index contributed by atoms with van der Waals surface area (Å²) in [6.45, 7) is 4.45. The molecule has 52 valence electrons. The lowest BCUT2D eigenvalue weighted by molar-refractivity contribution is 0.687. The van der Waals surface area contributed by atoms with Crippen LogP contribution in [0, 0.1) is 5.92 Å². The van der Waals surface area contributed by atoms with Crippen molar-refractivity contribution in [2.45, 2.75) is 27.7 Å². The van der Waals surface area contributed by atoms with E-state index >= 15 is 0 Å². The van der Waals surface area contributed by atoms with Crippen LogP contribution in [-0.2, 0) is 0 Å². The molecule has 0 aliphatic heterocycles. The van der Waals surface area contributed by atoms with Crippen LogP contribution < -0.4 is 0 Å². The van der Waals surface area contributed by atoms with Gasteiger partial charge in [-0.3, -0.25) is 0 Å². The molecule has 0 N–H and O–H groups in total. The first-order valence-electron chi connectivity index (χ1n) is 3.14. The number of hydrogen-bond donors (Lipinski definition) is 0. The molecule has 0 bridgehead atoms. The maximum atomic E-state index is 2.26. The molecule has 0 saturated carbocycles. The Morgan fingerprint density at radius 2 is 2.22 bits per heavy atom. The quantitative estimate of drug-likeness (QED) is 0.465. The van der Waals surface area contributed by atoms with Crippen LogP contribution in [0.1, 0.15) is 27.7 Å². The van der Waals surface area contributed by atoms with E-state index in [1.54, 1.807) is 0 Å². The van der Waals surface area contributed by atoms with E-state index in [0.717, 1.165) is 5.92 Å². The molecule has 1 aliphatic carbocycles. The standard InChI is InChI=1S/C8H12.CH4/c1-7-5-3-4-6-8(7)2;/h3-5,8H,6H2,1-2H3;1H4. The van der Waals surface area contributed by atoms with Crippen molar-refractivity contribution in [2.24, 2.45) is 5.92 Å². The third-order valence-corrected chi connectivity index (χ3v) is 1.76. The lowest BCUT2D eigenvalue weighted by Gasteiger charge is -2.11. The zero-order valence-electron chi connectivity index (χ0n) is 5.52. The highest BCUT2D eigenvalue weighted by atomic mass is 14.1. The van der Waals surface area contributed by atoms with Crippen molar-refractivity contribution in [2.75, 3.05) is 0 Å². The predicted molar refractivity (Wildman–Crippen MR) is 43.4 cm³/mol. The fourth-order valence-corrected chi connectivity index (χ4v) is 0.853. The van der Waals surface area contributed by atoms with E-state index in [4.69, 9.17) is 0 Å². The van der Waals surface area contributed by atoms with Crippen LogP contribution in [0.2, 0.25) is 0 Å². The summed E-state index contributed by atoms with van der Waals surface area (Å²) < 4.78 is 0. The Kier molecular flexibility index (Phi) is 3.29. The summed E-state index contributed by atoms with van der Waals surface area (Å²) in [5.41, 5.74) is 1.51. The molecule has 1 atom stereocenters. The molecule has 0 fully saturated rings. The van der Waals surface area contributed by atoms with Crippen molar-refractivity contribution >= 4 is 0 Å². The van der Waals surface area contributed by atoms with Crippen molar-refractivity contribution in [3.05, 3.63) is 23.8 Å². The molecule has 1 unspecified atom stereocenters. The van der Waals surface area contributed by atoms with Crippen LogP contribution in [0.3, 0.4) is 0 Å². The first kappa shape index (κ1) is 8.48. The monoisotopic (exact) mass is 124 g/mol. The van der Waals surface area contributed by atoms with Crippen LogP contribution in [0.25, 0.3) is 0 Å². The maximum Gasteiger partial charge on any atom is -0.0197 e. The normalized spacial score (nSPS) is 24.7. The van der Waals surface area contributed by atoms with Gasteiger partial charge < -0.3 is 0 Å². The number of hydrogen-bond acceptors (Lipinski definition) is 0. The highest BCUT2D eigenvalue weighted by molar-refractivity contribution is 5.17. The van der Waals surface area contributed by atoms with E-state index in [1.807, 2.05) is 0 Å². The van der Waals surface area contributed by atoms with Crippen LogP contribution in [0.5, 0.6) is 0 Å². The molecule has 0 nitrogen and oxygen atoms in total. The minimum atomic E-state index is 0. The molecular weight excluding hydrogens is 108 g/mol. The second kappa shape index (κ2) is 3.49. The van der Waals surface area contributed by atoms with Gasteiger partial charge in [0.2, 0.25) is 0 Å². The van der Waals surface area contributed by atoms with Gasteiger partial charge in [-0.25, -0.2) is 0 Å². The van der Waals surface area contributed by atoms with E-state index in [0.29, 0.717) is 0 Å². The Labute approximate surface area is 58.3 Å². The molecule has 9 heavy (non-hydrogen) atoms. The lowest BCUT2D eigenvalue weighted by Crippen LogP contribution is -1.96. The molecule has 0 spiro atoms. The molecule has 0 aromatic heterocycles. The molecule has 0 amide bonds. The van der Waals surface area contributed by atoms with Crippen molar-refractivity contribution in [3.8, 4) is 0 Å². The third kappa shape index (κ3) is 2.05. The second-order valence-electron chi connectivity index (χ2n) is 2.48. The van der Waals surface area contributed by atoms with Crippen LogP contribution in [-0.4, -0.2) is 0 Å². The first-order chi connectivity index (χ1) is 3.80. The summed E-state index contributed by atoms with van der Waals surface area (Å²) in [5, 5.41) is 0. The van der Waals surface area contributed by atoms with Gasteiger partial charge in [-0.1, -0.05) is 38.2 Å². The van der Waals surface area contributed by atoms with E-state index in [1.165, 1.54) is 12.0 Å². The summed E-state index contributed by atoms with van der Waals surface area (Å²) in [7, 11) is 0. The average Bonchev–Trinajstić information content (AvgIpc) is 1.77. The number of allylic oxidation sites excluding steroid dienone is 4. The van der Waals surface area contributed by atoms with Gasteiger partial charge in [-0.2, -0.15) is 0 Å². The largest absolute Gasteiger partial charge is 0.0840 e. The zero-order chi connectivity index (χ0) is 5.98. The molecular formula is C9H16. The van der Waals surface area contributed by atoms with Crippen molar-refractivity contribution < 1.29 is 0 Å². The summed E-state index contributed by atoms with van der Waals surface area (Å²) >= 11 is 0. The summed E-state index contributed by atoms with van der Waals surface area (Å²) in [5.74, 6) is 0.778. The Hall–Kier alpha value is -0.520. The molecule has 0 saturated heterocycles. The Morgan fingerprint density at radius 1 is 1.56 bits per heavy atom. The predicted octanol–water partition coefficient (Wildman–Crippen LogP) is 3.16. The van der Waals surface area contributed by atoms with Gasteiger partial charge in [-0.05, 0) is 19.3 Å². The molecule has 0 heterocycles. The van der Waals surface area contributed by atoms with Gasteiger partial charge in [-0.15, -0.1) is 0 Å². The molecule has 0 heteroatoms. The lowest BCUT2D eigenvalue weighted by atomic mass is 9.95. The Bertz CT molecular complexity index is 129. The first-order valence-corrected chi connectivity index (χ1v) is 3.14. The molecule has 0 aromatic carbocycles. The highest BCUT2D eigenvalue weighted by Crippen LogP contribution is 2.17. The maximum absolute atomic E-state index is 2.26. The minimum absolute atomic E-state index is 0. The van der Waals surface area contributed by atoms with Gasteiger partial charge in [0.15, 0.2) is 0 Å².